The lowest BCUT2D eigenvalue weighted by molar-refractivity contribution is 0.583. The van der Waals surface area contributed by atoms with Crippen LogP contribution in [0.25, 0.3) is 22.5 Å². The highest BCUT2D eigenvalue weighted by Crippen LogP contribution is 2.34. The lowest BCUT2D eigenvalue weighted by Gasteiger charge is -2.14. The molecule has 161 valence electrons. The van der Waals surface area contributed by atoms with Crippen LogP contribution in [0.3, 0.4) is 0 Å². The van der Waals surface area contributed by atoms with E-state index < -0.39 is 0 Å². The zero-order valence-corrected chi connectivity index (χ0v) is 18.0. The lowest BCUT2D eigenvalue weighted by atomic mass is 10.0. The summed E-state index contributed by atoms with van der Waals surface area (Å²) in [6.07, 6.45) is 4.91. The van der Waals surface area contributed by atoms with Gasteiger partial charge in [0.25, 0.3) is 5.56 Å². The predicted molar refractivity (Wildman–Crippen MR) is 121 cm³/mol. The predicted octanol–water partition coefficient (Wildman–Crippen LogP) is 3.06. The zero-order chi connectivity index (χ0) is 22.4. The average Bonchev–Trinajstić information content (AvgIpc) is 3.60. The summed E-state index contributed by atoms with van der Waals surface area (Å²) in [5.41, 5.74) is 4.78. The Morgan fingerprint density at radius 3 is 2.73 bits per heavy atom. The molecule has 1 aliphatic rings. The number of hydrogen-bond donors (Lipinski definition) is 0. The van der Waals surface area contributed by atoms with Gasteiger partial charge in [0, 0.05) is 22.3 Å². The van der Waals surface area contributed by atoms with Crippen LogP contribution in [0.15, 0.2) is 71.9 Å². The first-order valence-electron chi connectivity index (χ1n) is 10.3. The van der Waals surface area contributed by atoms with Gasteiger partial charge in [-0.25, -0.2) is 4.68 Å². The molecule has 0 saturated heterocycles. The fraction of sp³-hybridized carbons (Fsp3) is 0.130. The molecule has 0 saturated carbocycles. The SMILES string of the molecule is O=c1cc(-c2cc(Cl)ccc2-n2cnnn2)cc2n1C(c1cn(-c3cc[c]cc3)nn1)CC2. The van der Waals surface area contributed by atoms with E-state index in [9.17, 15) is 4.79 Å². The highest BCUT2D eigenvalue weighted by Gasteiger charge is 2.28. The number of benzene rings is 2. The first kappa shape index (κ1) is 19.6. The van der Waals surface area contributed by atoms with Gasteiger partial charge in [0.15, 0.2) is 0 Å². The first-order chi connectivity index (χ1) is 16.2. The van der Waals surface area contributed by atoms with Gasteiger partial charge in [-0.1, -0.05) is 28.9 Å². The summed E-state index contributed by atoms with van der Waals surface area (Å²) in [6, 6.07) is 19.4. The highest BCUT2D eigenvalue weighted by molar-refractivity contribution is 6.31. The maximum Gasteiger partial charge on any atom is 0.251 e. The monoisotopic (exact) mass is 455 g/mol. The van der Waals surface area contributed by atoms with Crippen LogP contribution in [0.1, 0.15) is 23.9 Å². The van der Waals surface area contributed by atoms with Gasteiger partial charge in [-0.05, 0) is 71.3 Å². The van der Waals surface area contributed by atoms with Crippen molar-refractivity contribution in [2.24, 2.45) is 0 Å². The summed E-state index contributed by atoms with van der Waals surface area (Å²) in [7, 11) is 0. The molecule has 9 nitrogen and oxygen atoms in total. The van der Waals surface area contributed by atoms with Crippen molar-refractivity contribution in [1.82, 2.24) is 39.8 Å². The first-order valence-corrected chi connectivity index (χ1v) is 10.7. The van der Waals surface area contributed by atoms with E-state index in [1.54, 1.807) is 26.1 Å². The number of rotatable bonds is 4. The summed E-state index contributed by atoms with van der Waals surface area (Å²) in [6.45, 7) is 0. The molecule has 33 heavy (non-hydrogen) atoms. The molecular formula is C23H16ClN8O. The summed E-state index contributed by atoms with van der Waals surface area (Å²) in [5, 5.41) is 20.6. The molecule has 10 heteroatoms. The minimum Gasteiger partial charge on any atom is -0.303 e. The number of fused-ring (bicyclic) bond motifs is 1. The van der Waals surface area contributed by atoms with Gasteiger partial charge in [-0.15, -0.1) is 10.2 Å². The van der Waals surface area contributed by atoms with E-state index in [1.165, 1.54) is 6.33 Å². The third-order valence-corrected chi connectivity index (χ3v) is 6.05. The van der Waals surface area contributed by atoms with Gasteiger partial charge >= 0.3 is 0 Å². The Hall–Kier alpha value is -4.11. The molecule has 0 bridgehead atoms. The molecule has 1 aliphatic heterocycles. The number of hydrogen-bond acceptors (Lipinski definition) is 6. The number of aromatic nitrogens is 8. The second-order valence-corrected chi connectivity index (χ2v) is 8.20. The van der Waals surface area contributed by atoms with E-state index in [4.69, 9.17) is 11.6 Å². The van der Waals surface area contributed by atoms with Gasteiger partial charge < -0.3 is 4.57 Å². The van der Waals surface area contributed by atoms with Crippen molar-refractivity contribution in [1.29, 1.82) is 0 Å². The third kappa shape index (κ3) is 3.42. The van der Waals surface area contributed by atoms with Crippen LogP contribution >= 0.6 is 11.6 Å². The number of halogens is 1. The Morgan fingerprint density at radius 2 is 1.91 bits per heavy atom. The van der Waals surface area contributed by atoms with Gasteiger partial charge in [-0.3, -0.25) is 4.79 Å². The van der Waals surface area contributed by atoms with E-state index in [2.05, 4.69) is 31.9 Å². The number of tetrazole rings is 1. The zero-order valence-electron chi connectivity index (χ0n) is 17.2. The summed E-state index contributed by atoms with van der Waals surface area (Å²) >= 11 is 6.28. The minimum atomic E-state index is -0.163. The van der Waals surface area contributed by atoms with Gasteiger partial charge in [0.2, 0.25) is 0 Å². The van der Waals surface area contributed by atoms with Crippen LogP contribution in [0.5, 0.6) is 0 Å². The smallest absolute Gasteiger partial charge is 0.251 e. The van der Waals surface area contributed by atoms with Crippen LogP contribution in [0.4, 0.5) is 0 Å². The quantitative estimate of drug-likeness (QED) is 0.413. The van der Waals surface area contributed by atoms with E-state index in [-0.39, 0.29) is 11.6 Å². The fourth-order valence-electron chi connectivity index (χ4n) is 4.33. The van der Waals surface area contributed by atoms with Crippen LogP contribution in [0, 0.1) is 6.07 Å². The molecule has 0 spiro atoms. The molecule has 1 radical (unpaired) electrons. The minimum absolute atomic E-state index is 0.100. The maximum absolute atomic E-state index is 13.3. The van der Waals surface area contributed by atoms with E-state index in [0.29, 0.717) is 5.02 Å². The van der Waals surface area contributed by atoms with Crippen molar-refractivity contribution in [3.05, 3.63) is 100.0 Å². The Bertz CT molecular complexity index is 1510. The Morgan fingerprint density at radius 1 is 1.03 bits per heavy atom. The number of aryl methyl sites for hydroxylation is 1. The van der Waals surface area contributed by atoms with Crippen molar-refractivity contribution in [2.75, 3.05) is 0 Å². The second kappa shape index (κ2) is 7.79. The molecule has 1 unspecified atom stereocenters. The molecule has 0 aliphatic carbocycles. The second-order valence-electron chi connectivity index (χ2n) is 7.76. The van der Waals surface area contributed by atoms with Crippen LogP contribution in [-0.4, -0.2) is 39.8 Å². The van der Waals surface area contributed by atoms with E-state index in [0.717, 1.165) is 46.7 Å². The molecule has 3 aromatic heterocycles. The molecule has 4 heterocycles. The summed E-state index contributed by atoms with van der Waals surface area (Å²) in [4.78, 5) is 13.3. The Balaban J connectivity index is 1.40. The number of pyridine rings is 1. The molecule has 2 aromatic carbocycles. The van der Waals surface area contributed by atoms with Crippen molar-refractivity contribution in [3.8, 4) is 22.5 Å². The van der Waals surface area contributed by atoms with Crippen LogP contribution < -0.4 is 5.56 Å². The van der Waals surface area contributed by atoms with Crippen molar-refractivity contribution in [3.63, 3.8) is 0 Å². The topological polar surface area (TPSA) is 96.3 Å². The van der Waals surface area contributed by atoms with Crippen LogP contribution in [0.2, 0.25) is 5.02 Å². The van der Waals surface area contributed by atoms with Crippen LogP contribution in [-0.2, 0) is 6.42 Å². The third-order valence-electron chi connectivity index (χ3n) is 5.82. The lowest BCUT2D eigenvalue weighted by Crippen LogP contribution is -2.23. The normalized spacial score (nSPS) is 15.0. The van der Waals surface area contributed by atoms with Crippen molar-refractivity contribution in [2.45, 2.75) is 18.9 Å². The maximum atomic E-state index is 13.3. The summed E-state index contributed by atoms with van der Waals surface area (Å²) < 4.78 is 5.07. The Kier molecular flexibility index (Phi) is 4.62. The Labute approximate surface area is 192 Å². The fourth-order valence-corrected chi connectivity index (χ4v) is 4.50. The average molecular weight is 456 g/mol. The van der Waals surface area contributed by atoms with Gasteiger partial charge in [0.05, 0.1) is 23.6 Å². The number of nitrogens with zero attached hydrogens (tertiary/aromatic N) is 8. The van der Waals surface area contributed by atoms with Gasteiger partial charge in [0.1, 0.15) is 12.0 Å². The molecule has 0 fully saturated rings. The molecule has 6 rings (SSSR count). The molecule has 5 aromatic rings. The van der Waals surface area contributed by atoms with Crippen molar-refractivity contribution >= 4 is 11.6 Å². The van der Waals surface area contributed by atoms with E-state index in [1.807, 2.05) is 48.7 Å². The summed E-state index contributed by atoms with van der Waals surface area (Å²) in [5.74, 6) is 0. The largest absolute Gasteiger partial charge is 0.303 e. The van der Waals surface area contributed by atoms with Crippen molar-refractivity contribution < 1.29 is 0 Å². The van der Waals surface area contributed by atoms with Gasteiger partial charge in [-0.2, -0.15) is 4.68 Å². The molecule has 1 atom stereocenters. The standard InChI is InChI=1S/C23H16ClN8O/c24-16-6-8-21(31-14-25-27-29-31)19(12-16)15-10-18-7-9-22(32(18)23(33)11-15)20-13-30(28-26-20)17-4-2-1-3-5-17/h2-6,8,10-14,22H,7,9H2. The highest BCUT2D eigenvalue weighted by atomic mass is 35.5. The molecule has 0 amide bonds. The molecule has 0 N–H and O–H groups in total. The van der Waals surface area contributed by atoms with E-state index >= 15 is 0 Å². The molecular weight excluding hydrogens is 440 g/mol.